The lowest BCUT2D eigenvalue weighted by atomic mass is 10.1. The average molecular weight is 358 g/mol. The van der Waals surface area contributed by atoms with E-state index in [9.17, 15) is 4.79 Å². The normalized spacial score (nSPS) is 12.0. The van der Waals surface area contributed by atoms with Crippen molar-refractivity contribution in [3.05, 3.63) is 29.8 Å². The van der Waals surface area contributed by atoms with Crippen molar-refractivity contribution in [3.63, 3.8) is 0 Å². The van der Waals surface area contributed by atoms with Crippen molar-refractivity contribution in [1.29, 1.82) is 0 Å². The standard InChI is InChI=1S/C16H24BrNO3/c1-3-4-11-21-15-7-5-13(6-8-15)16(19)18-14(9-10-17)12-20-2/h5-8,14H,3-4,9-12H2,1-2H3,(H,18,19). The van der Waals surface area contributed by atoms with Crippen molar-refractivity contribution in [3.8, 4) is 5.75 Å². The molecule has 1 unspecified atom stereocenters. The molecule has 1 aromatic carbocycles. The number of unbranched alkanes of at least 4 members (excludes halogenated alkanes) is 1. The van der Waals surface area contributed by atoms with Crippen LogP contribution in [-0.4, -0.2) is 37.6 Å². The van der Waals surface area contributed by atoms with E-state index in [4.69, 9.17) is 9.47 Å². The summed E-state index contributed by atoms with van der Waals surface area (Å²) in [5, 5.41) is 3.80. The molecule has 0 aliphatic rings. The van der Waals surface area contributed by atoms with Crippen molar-refractivity contribution in [2.75, 3.05) is 25.7 Å². The molecule has 5 heteroatoms. The highest BCUT2D eigenvalue weighted by Gasteiger charge is 2.13. The van der Waals surface area contributed by atoms with Gasteiger partial charge in [-0.2, -0.15) is 0 Å². The third-order valence-electron chi connectivity index (χ3n) is 3.04. The molecule has 4 nitrogen and oxygen atoms in total. The number of amides is 1. The van der Waals surface area contributed by atoms with Crippen LogP contribution in [0.1, 0.15) is 36.5 Å². The van der Waals surface area contributed by atoms with E-state index in [1.807, 2.05) is 12.1 Å². The Morgan fingerprint density at radius 1 is 1.33 bits per heavy atom. The molecule has 1 aromatic rings. The highest BCUT2D eigenvalue weighted by atomic mass is 79.9. The zero-order valence-electron chi connectivity index (χ0n) is 12.7. The van der Waals surface area contributed by atoms with E-state index in [0.29, 0.717) is 18.8 Å². The van der Waals surface area contributed by atoms with Gasteiger partial charge in [0.2, 0.25) is 0 Å². The van der Waals surface area contributed by atoms with E-state index in [1.54, 1.807) is 19.2 Å². The van der Waals surface area contributed by atoms with Crippen molar-refractivity contribution < 1.29 is 14.3 Å². The molecule has 0 saturated carbocycles. The van der Waals surface area contributed by atoms with Crippen LogP contribution in [0.25, 0.3) is 0 Å². The molecular formula is C16H24BrNO3. The molecule has 0 radical (unpaired) electrons. The Morgan fingerprint density at radius 3 is 2.62 bits per heavy atom. The number of benzene rings is 1. The number of carbonyl (C=O) groups excluding carboxylic acids is 1. The van der Waals surface area contributed by atoms with Gasteiger partial charge in [-0.25, -0.2) is 0 Å². The second kappa shape index (κ2) is 10.6. The van der Waals surface area contributed by atoms with Crippen LogP contribution >= 0.6 is 15.9 Å². The molecule has 0 fully saturated rings. The fourth-order valence-electron chi connectivity index (χ4n) is 1.84. The molecule has 0 saturated heterocycles. The number of carbonyl (C=O) groups is 1. The third kappa shape index (κ3) is 6.96. The monoisotopic (exact) mass is 357 g/mol. The van der Waals surface area contributed by atoms with E-state index in [2.05, 4.69) is 28.2 Å². The van der Waals surface area contributed by atoms with Crippen LogP contribution in [0.5, 0.6) is 5.75 Å². The van der Waals surface area contributed by atoms with Crippen molar-refractivity contribution in [2.24, 2.45) is 0 Å². The molecule has 0 aromatic heterocycles. The van der Waals surface area contributed by atoms with Gasteiger partial charge in [-0.05, 0) is 37.1 Å². The van der Waals surface area contributed by atoms with E-state index >= 15 is 0 Å². The van der Waals surface area contributed by atoms with Crippen molar-refractivity contribution >= 4 is 21.8 Å². The van der Waals surface area contributed by atoms with Gasteiger partial charge in [0.05, 0.1) is 19.3 Å². The quantitative estimate of drug-likeness (QED) is 0.515. The zero-order valence-corrected chi connectivity index (χ0v) is 14.3. The van der Waals surface area contributed by atoms with Crippen LogP contribution in [0.2, 0.25) is 0 Å². The largest absolute Gasteiger partial charge is 0.494 e. The average Bonchev–Trinajstić information content (AvgIpc) is 2.48. The Kier molecular flexibility index (Phi) is 9.10. The number of rotatable bonds is 10. The molecule has 0 aliphatic carbocycles. The summed E-state index contributed by atoms with van der Waals surface area (Å²) in [5.74, 6) is 0.715. The van der Waals surface area contributed by atoms with Gasteiger partial charge in [0, 0.05) is 18.0 Å². The molecule has 0 heterocycles. The van der Waals surface area contributed by atoms with Gasteiger partial charge in [0.25, 0.3) is 5.91 Å². The summed E-state index contributed by atoms with van der Waals surface area (Å²) in [6.45, 7) is 3.35. The fourth-order valence-corrected chi connectivity index (χ4v) is 2.39. The Bertz CT molecular complexity index is 402. The molecule has 0 spiro atoms. The number of ether oxygens (including phenoxy) is 2. The summed E-state index contributed by atoms with van der Waals surface area (Å²) in [6.07, 6.45) is 2.97. The molecule has 118 valence electrons. The first-order chi connectivity index (χ1) is 10.2. The highest BCUT2D eigenvalue weighted by molar-refractivity contribution is 9.09. The predicted octanol–water partition coefficient (Wildman–Crippen LogP) is 3.40. The molecule has 0 bridgehead atoms. The minimum Gasteiger partial charge on any atom is -0.494 e. The molecule has 1 N–H and O–H groups in total. The van der Waals surface area contributed by atoms with Crippen LogP contribution in [0, 0.1) is 0 Å². The maximum Gasteiger partial charge on any atom is 0.251 e. The van der Waals surface area contributed by atoms with Gasteiger partial charge in [-0.1, -0.05) is 29.3 Å². The Hall–Kier alpha value is -1.07. The molecule has 21 heavy (non-hydrogen) atoms. The summed E-state index contributed by atoms with van der Waals surface area (Å²) >= 11 is 3.38. The molecule has 1 rings (SSSR count). The molecule has 1 atom stereocenters. The SMILES string of the molecule is CCCCOc1ccc(C(=O)NC(CCBr)COC)cc1. The van der Waals surface area contributed by atoms with E-state index in [-0.39, 0.29) is 11.9 Å². The van der Waals surface area contributed by atoms with Gasteiger partial charge in [-0.15, -0.1) is 0 Å². The van der Waals surface area contributed by atoms with Gasteiger partial charge in [0.15, 0.2) is 0 Å². The summed E-state index contributed by atoms with van der Waals surface area (Å²) in [4.78, 5) is 12.2. The lowest BCUT2D eigenvalue weighted by molar-refractivity contribution is 0.0895. The van der Waals surface area contributed by atoms with Crippen molar-refractivity contribution in [2.45, 2.75) is 32.2 Å². The third-order valence-corrected chi connectivity index (χ3v) is 3.50. The van der Waals surface area contributed by atoms with Gasteiger partial charge >= 0.3 is 0 Å². The maximum absolute atomic E-state index is 12.2. The first kappa shape index (κ1) is 18.0. The maximum atomic E-state index is 12.2. The minimum atomic E-state index is -0.0851. The smallest absolute Gasteiger partial charge is 0.251 e. The van der Waals surface area contributed by atoms with Crippen LogP contribution in [0.3, 0.4) is 0 Å². The Labute approximate surface area is 135 Å². The van der Waals surface area contributed by atoms with Crippen LogP contribution in [-0.2, 0) is 4.74 Å². The van der Waals surface area contributed by atoms with Crippen LogP contribution in [0.4, 0.5) is 0 Å². The zero-order chi connectivity index (χ0) is 15.5. The first-order valence-corrected chi connectivity index (χ1v) is 8.42. The van der Waals surface area contributed by atoms with E-state index in [1.165, 1.54) is 0 Å². The van der Waals surface area contributed by atoms with Crippen LogP contribution in [0.15, 0.2) is 24.3 Å². The Morgan fingerprint density at radius 2 is 2.05 bits per heavy atom. The highest BCUT2D eigenvalue weighted by Crippen LogP contribution is 2.13. The molecule has 1 amide bonds. The second-order valence-electron chi connectivity index (χ2n) is 4.83. The number of halogens is 1. The number of methoxy groups -OCH3 is 1. The fraction of sp³-hybridized carbons (Fsp3) is 0.562. The lowest BCUT2D eigenvalue weighted by Gasteiger charge is -2.17. The second-order valence-corrected chi connectivity index (χ2v) is 5.62. The number of nitrogens with one attached hydrogen (secondary N) is 1. The van der Waals surface area contributed by atoms with Crippen LogP contribution < -0.4 is 10.1 Å². The van der Waals surface area contributed by atoms with Gasteiger partial charge in [-0.3, -0.25) is 4.79 Å². The summed E-state index contributed by atoms with van der Waals surface area (Å²) in [7, 11) is 1.63. The van der Waals surface area contributed by atoms with Crippen molar-refractivity contribution in [1.82, 2.24) is 5.32 Å². The van der Waals surface area contributed by atoms with E-state index < -0.39 is 0 Å². The summed E-state index contributed by atoms with van der Waals surface area (Å²) in [5.41, 5.74) is 0.633. The lowest BCUT2D eigenvalue weighted by Crippen LogP contribution is -2.38. The van der Waals surface area contributed by atoms with Gasteiger partial charge in [0.1, 0.15) is 5.75 Å². The predicted molar refractivity (Wildman–Crippen MR) is 88.4 cm³/mol. The minimum absolute atomic E-state index is 0.0161. The molecular weight excluding hydrogens is 334 g/mol. The summed E-state index contributed by atoms with van der Waals surface area (Å²) < 4.78 is 10.7. The molecule has 0 aliphatic heterocycles. The van der Waals surface area contributed by atoms with Gasteiger partial charge < -0.3 is 14.8 Å². The Balaban J connectivity index is 2.53. The number of hydrogen-bond acceptors (Lipinski definition) is 3. The topological polar surface area (TPSA) is 47.6 Å². The number of alkyl halides is 1. The summed E-state index contributed by atoms with van der Waals surface area (Å²) in [6, 6.07) is 7.26. The first-order valence-electron chi connectivity index (χ1n) is 7.29. The van der Waals surface area contributed by atoms with E-state index in [0.717, 1.165) is 30.3 Å². The number of hydrogen-bond donors (Lipinski definition) is 1.